The third-order valence-corrected chi connectivity index (χ3v) is 2.19. The minimum absolute atomic E-state index is 0.532. The van der Waals surface area contributed by atoms with Gasteiger partial charge in [-0.1, -0.05) is 17.7 Å². The fourth-order valence-corrected chi connectivity index (χ4v) is 1.37. The van der Waals surface area contributed by atoms with Gasteiger partial charge >= 0.3 is 0 Å². The van der Waals surface area contributed by atoms with Crippen molar-refractivity contribution in [3.8, 4) is 5.75 Å². The van der Waals surface area contributed by atoms with Crippen LogP contribution >= 0.6 is 0 Å². The summed E-state index contributed by atoms with van der Waals surface area (Å²) in [6.45, 7) is 3.78. The fraction of sp³-hybridized carbons (Fsp3) is 0.500. The van der Waals surface area contributed by atoms with Gasteiger partial charge in [-0.15, -0.1) is 0 Å². The molecule has 0 fully saturated rings. The molecule has 0 heterocycles. The lowest BCUT2D eigenvalue weighted by molar-refractivity contribution is 0.00321. The molecule has 0 bridgehead atoms. The summed E-state index contributed by atoms with van der Waals surface area (Å²) in [5, 5.41) is 0. The van der Waals surface area contributed by atoms with Crippen LogP contribution in [0, 0.1) is 6.92 Å². The molecule has 0 aliphatic rings. The molecule has 4 heteroatoms. The molecule has 1 aromatic carbocycles. The van der Waals surface area contributed by atoms with E-state index in [4.69, 9.17) is 14.3 Å². The van der Waals surface area contributed by atoms with Crippen molar-refractivity contribution >= 4 is 0 Å². The highest BCUT2D eigenvalue weighted by Gasteiger charge is 2.02. The van der Waals surface area contributed by atoms with Gasteiger partial charge in [-0.05, 0) is 13.0 Å². The Bertz CT molecular complexity index is 315. The Labute approximate surface area is 96.5 Å². The molecule has 1 aromatic rings. The van der Waals surface area contributed by atoms with Crippen LogP contribution in [0.5, 0.6) is 5.75 Å². The molecule has 0 saturated carbocycles. The van der Waals surface area contributed by atoms with E-state index < -0.39 is 0 Å². The summed E-state index contributed by atoms with van der Waals surface area (Å²) in [6.07, 6.45) is 0. The lowest BCUT2D eigenvalue weighted by Crippen LogP contribution is -2.17. The summed E-state index contributed by atoms with van der Waals surface area (Å²) in [5.74, 6) is 0.869. The van der Waals surface area contributed by atoms with Crippen LogP contribution in [0.25, 0.3) is 0 Å². The lowest BCUT2D eigenvalue weighted by Gasteiger charge is -2.10. The summed E-state index contributed by atoms with van der Waals surface area (Å²) in [7, 11) is 3.31. The first kappa shape index (κ1) is 13.0. The normalized spacial score (nSPS) is 10.4. The third kappa shape index (κ3) is 4.18. The Kier molecular flexibility index (Phi) is 5.85. The van der Waals surface area contributed by atoms with Crippen molar-refractivity contribution in [2.45, 2.75) is 13.5 Å². The number of benzene rings is 1. The maximum Gasteiger partial charge on any atom is 0.123 e. The van der Waals surface area contributed by atoms with Gasteiger partial charge in [0, 0.05) is 19.2 Å². The van der Waals surface area contributed by atoms with Crippen LogP contribution in [0.4, 0.5) is 0 Å². The molecular formula is C12H19NO3. The highest BCUT2D eigenvalue weighted by Crippen LogP contribution is 2.19. The summed E-state index contributed by atoms with van der Waals surface area (Å²) in [4.78, 5) is 5.19. The molecule has 0 aromatic heterocycles. The molecule has 0 saturated heterocycles. The number of nitrogens with one attached hydrogen (secondary N) is 1. The zero-order valence-corrected chi connectivity index (χ0v) is 10.1. The smallest absolute Gasteiger partial charge is 0.123 e. The molecule has 0 unspecified atom stereocenters. The number of hydroxylamine groups is 1. The second kappa shape index (κ2) is 7.22. The number of methoxy groups -OCH3 is 2. The highest BCUT2D eigenvalue weighted by atomic mass is 16.7. The van der Waals surface area contributed by atoms with Crippen molar-refractivity contribution in [3.05, 3.63) is 29.3 Å². The van der Waals surface area contributed by atoms with Gasteiger partial charge in [-0.3, -0.25) is 4.84 Å². The second-order valence-corrected chi connectivity index (χ2v) is 3.48. The van der Waals surface area contributed by atoms with Crippen molar-refractivity contribution in [2.24, 2.45) is 0 Å². The first-order valence-corrected chi connectivity index (χ1v) is 5.25. The van der Waals surface area contributed by atoms with Gasteiger partial charge in [0.15, 0.2) is 0 Å². The molecule has 0 aliphatic heterocycles. The van der Waals surface area contributed by atoms with Gasteiger partial charge in [0.25, 0.3) is 0 Å². The van der Waals surface area contributed by atoms with E-state index in [9.17, 15) is 0 Å². The Hall–Kier alpha value is -1.10. The zero-order chi connectivity index (χ0) is 11.8. The number of rotatable bonds is 7. The van der Waals surface area contributed by atoms with Gasteiger partial charge in [-0.2, -0.15) is 5.48 Å². The maximum atomic E-state index is 5.26. The summed E-state index contributed by atoms with van der Waals surface area (Å²) >= 11 is 0. The summed E-state index contributed by atoms with van der Waals surface area (Å²) in [5.41, 5.74) is 5.16. The lowest BCUT2D eigenvalue weighted by atomic mass is 10.1. The molecule has 16 heavy (non-hydrogen) atoms. The van der Waals surface area contributed by atoms with Crippen LogP contribution in [-0.4, -0.2) is 27.4 Å². The molecule has 1 N–H and O–H groups in total. The zero-order valence-electron chi connectivity index (χ0n) is 10.1. The van der Waals surface area contributed by atoms with Crippen molar-refractivity contribution in [2.75, 3.05) is 27.4 Å². The van der Waals surface area contributed by atoms with E-state index in [1.54, 1.807) is 14.2 Å². The minimum Gasteiger partial charge on any atom is -0.496 e. The quantitative estimate of drug-likeness (QED) is 0.566. The number of aryl methyl sites for hydroxylation is 1. The monoisotopic (exact) mass is 225 g/mol. The highest BCUT2D eigenvalue weighted by molar-refractivity contribution is 5.36. The van der Waals surface area contributed by atoms with Crippen molar-refractivity contribution in [3.63, 3.8) is 0 Å². The second-order valence-electron chi connectivity index (χ2n) is 3.48. The molecule has 4 nitrogen and oxygen atoms in total. The molecule has 0 atom stereocenters. The Morgan fingerprint density at radius 3 is 2.69 bits per heavy atom. The van der Waals surface area contributed by atoms with Crippen LogP contribution in [0.3, 0.4) is 0 Å². The van der Waals surface area contributed by atoms with Crippen LogP contribution in [-0.2, 0) is 16.1 Å². The van der Waals surface area contributed by atoms with Crippen LogP contribution in [0.1, 0.15) is 11.1 Å². The molecule has 0 aliphatic carbocycles. The van der Waals surface area contributed by atoms with Gasteiger partial charge in [-0.25, -0.2) is 0 Å². The van der Waals surface area contributed by atoms with Gasteiger partial charge in [0.2, 0.25) is 0 Å². The molecule has 0 amide bonds. The molecule has 1 rings (SSSR count). The topological polar surface area (TPSA) is 39.7 Å². The number of hydrogen-bond donors (Lipinski definition) is 1. The maximum absolute atomic E-state index is 5.26. The first-order valence-electron chi connectivity index (χ1n) is 5.25. The largest absolute Gasteiger partial charge is 0.496 e. The van der Waals surface area contributed by atoms with Crippen molar-refractivity contribution < 1.29 is 14.3 Å². The predicted octanol–water partition coefficient (Wildman–Crippen LogP) is 1.67. The fourth-order valence-electron chi connectivity index (χ4n) is 1.37. The molecular weight excluding hydrogens is 206 g/mol. The number of ether oxygens (including phenoxy) is 2. The van der Waals surface area contributed by atoms with Crippen LogP contribution in [0.2, 0.25) is 0 Å². The van der Waals surface area contributed by atoms with E-state index in [2.05, 4.69) is 18.5 Å². The van der Waals surface area contributed by atoms with Crippen LogP contribution < -0.4 is 10.2 Å². The standard InChI is InChI=1S/C12H19NO3/c1-10-4-5-12(15-3)11(8-10)9-13-16-7-6-14-2/h4-5,8,13H,6-7,9H2,1-3H3. The van der Waals surface area contributed by atoms with E-state index in [1.807, 2.05) is 12.1 Å². The van der Waals surface area contributed by atoms with E-state index in [1.165, 1.54) is 5.56 Å². The minimum atomic E-state index is 0.532. The van der Waals surface area contributed by atoms with Gasteiger partial charge in [0.05, 0.1) is 20.3 Å². The SMILES string of the molecule is COCCONCc1cc(C)ccc1OC. The van der Waals surface area contributed by atoms with E-state index >= 15 is 0 Å². The van der Waals surface area contributed by atoms with Crippen LogP contribution in [0.15, 0.2) is 18.2 Å². The molecule has 0 spiro atoms. The Morgan fingerprint density at radius 1 is 1.19 bits per heavy atom. The predicted molar refractivity (Wildman–Crippen MR) is 62.4 cm³/mol. The summed E-state index contributed by atoms with van der Waals surface area (Å²) in [6, 6.07) is 6.06. The van der Waals surface area contributed by atoms with E-state index in [0.29, 0.717) is 19.8 Å². The van der Waals surface area contributed by atoms with Crippen molar-refractivity contribution in [1.29, 1.82) is 0 Å². The molecule has 0 radical (unpaired) electrons. The Morgan fingerprint density at radius 2 is 2.00 bits per heavy atom. The average molecular weight is 225 g/mol. The molecule has 90 valence electrons. The van der Waals surface area contributed by atoms with E-state index in [0.717, 1.165) is 11.3 Å². The average Bonchev–Trinajstić information content (AvgIpc) is 2.29. The van der Waals surface area contributed by atoms with E-state index in [-0.39, 0.29) is 0 Å². The Balaban J connectivity index is 2.42. The number of hydrogen-bond acceptors (Lipinski definition) is 4. The van der Waals surface area contributed by atoms with Gasteiger partial charge in [0.1, 0.15) is 5.75 Å². The van der Waals surface area contributed by atoms with Crippen molar-refractivity contribution in [1.82, 2.24) is 5.48 Å². The third-order valence-electron chi connectivity index (χ3n) is 2.19. The summed E-state index contributed by atoms with van der Waals surface area (Å²) < 4.78 is 10.1. The van der Waals surface area contributed by atoms with Gasteiger partial charge < -0.3 is 9.47 Å². The first-order chi connectivity index (χ1) is 7.77.